The normalized spacial score (nSPS) is 24.4. The predicted molar refractivity (Wildman–Crippen MR) is 93.2 cm³/mol. The number of nitrogens with zero attached hydrogens (tertiary/aromatic N) is 3. The third kappa shape index (κ3) is 2.81. The molecule has 0 radical (unpaired) electrons. The summed E-state index contributed by atoms with van der Waals surface area (Å²) >= 11 is 0. The molecule has 0 spiro atoms. The number of benzene rings is 1. The van der Waals surface area contributed by atoms with Gasteiger partial charge in [0, 0.05) is 49.6 Å². The lowest BCUT2D eigenvalue weighted by molar-refractivity contribution is -0.384. The zero-order valence-corrected chi connectivity index (χ0v) is 13.6. The van der Waals surface area contributed by atoms with Crippen molar-refractivity contribution in [3.8, 4) is 0 Å². The summed E-state index contributed by atoms with van der Waals surface area (Å²) in [4.78, 5) is 15.2. The number of dihydropyridines is 1. The molecule has 8 nitrogen and oxygen atoms in total. The van der Waals surface area contributed by atoms with Gasteiger partial charge in [-0.25, -0.2) is 0 Å². The molecule has 2 heterocycles. The number of nitro benzene ring substituents is 1. The van der Waals surface area contributed by atoms with Gasteiger partial charge in [0.1, 0.15) is 0 Å². The van der Waals surface area contributed by atoms with Crippen LogP contribution in [0, 0.1) is 10.1 Å². The van der Waals surface area contributed by atoms with Crippen LogP contribution in [-0.2, 0) is 5.66 Å². The molecule has 24 heavy (non-hydrogen) atoms. The summed E-state index contributed by atoms with van der Waals surface area (Å²) in [5.41, 5.74) is 13.4. The second-order valence-electron chi connectivity index (χ2n) is 6.18. The zero-order chi connectivity index (χ0) is 17.3. The first-order valence-electron chi connectivity index (χ1n) is 7.83. The fourth-order valence-electron chi connectivity index (χ4n) is 3.06. The highest BCUT2D eigenvalue weighted by atomic mass is 16.6. The molecule has 128 valence electrons. The average molecular weight is 330 g/mol. The van der Waals surface area contributed by atoms with Gasteiger partial charge in [-0.1, -0.05) is 0 Å². The van der Waals surface area contributed by atoms with Gasteiger partial charge in [-0.3, -0.25) is 15.8 Å². The molecular weight excluding hydrogens is 308 g/mol. The van der Waals surface area contributed by atoms with Crippen molar-refractivity contribution in [2.45, 2.75) is 5.66 Å². The number of rotatable bonds is 3. The van der Waals surface area contributed by atoms with Gasteiger partial charge in [0.15, 0.2) is 5.66 Å². The minimum atomic E-state index is -1.17. The molecule has 2 aliphatic rings. The molecule has 1 aromatic rings. The van der Waals surface area contributed by atoms with E-state index in [1.165, 1.54) is 12.1 Å². The number of piperazine rings is 1. The molecule has 0 bridgehead atoms. The molecule has 3 rings (SSSR count). The Morgan fingerprint density at radius 2 is 2.00 bits per heavy atom. The van der Waals surface area contributed by atoms with Gasteiger partial charge >= 0.3 is 0 Å². The fourth-order valence-corrected chi connectivity index (χ4v) is 3.06. The Labute approximate surface area is 140 Å². The van der Waals surface area contributed by atoms with E-state index >= 15 is 0 Å². The zero-order valence-electron chi connectivity index (χ0n) is 13.6. The van der Waals surface area contributed by atoms with Crippen LogP contribution in [0.4, 0.5) is 11.4 Å². The third-order valence-corrected chi connectivity index (χ3v) is 4.60. The molecule has 1 saturated heterocycles. The summed E-state index contributed by atoms with van der Waals surface area (Å²) in [7, 11) is 2.08. The van der Waals surface area contributed by atoms with E-state index in [9.17, 15) is 10.1 Å². The number of likely N-dealkylation sites (N-methyl/N-ethyl adjacent to an activating group) is 1. The van der Waals surface area contributed by atoms with E-state index in [-0.39, 0.29) is 5.69 Å². The lowest BCUT2D eigenvalue weighted by atomic mass is 9.92. The maximum atomic E-state index is 11.2. The van der Waals surface area contributed by atoms with E-state index in [0.717, 1.165) is 31.9 Å². The van der Waals surface area contributed by atoms with Crippen molar-refractivity contribution in [2.24, 2.45) is 11.5 Å². The van der Waals surface area contributed by atoms with E-state index in [2.05, 4.69) is 22.2 Å². The highest BCUT2D eigenvalue weighted by Gasteiger charge is 2.36. The average Bonchev–Trinajstić information content (AvgIpc) is 2.58. The van der Waals surface area contributed by atoms with Crippen LogP contribution in [0.25, 0.3) is 0 Å². The largest absolute Gasteiger partial charge is 0.399 e. The predicted octanol–water partition coefficient (Wildman–Crippen LogP) is 0.418. The van der Waals surface area contributed by atoms with Crippen LogP contribution in [0.1, 0.15) is 5.56 Å². The van der Waals surface area contributed by atoms with Gasteiger partial charge in [0.2, 0.25) is 0 Å². The van der Waals surface area contributed by atoms with Crippen molar-refractivity contribution in [1.29, 1.82) is 0 Å². The van der Waals surface area contributed by atoms with Crippen molar-refractivity contribution in [1.82, 2.24) is 10.2 Å². The van der Waals surface area contributed by atoms with Crippen molar-refractivity contribution in [3.63, 3.8) is 0 Å². The molecule has 1 unspecified atom stereocenters. The molecule has 8 heteroatoms. The van der Waals surface area contributed by atoms with Crippen molar-refractivity contribution in [3.05, 3.63) is 57.9 Å². The van der Waals surface area contributed by atoms with Crippen LogP contribution < -0.4 is 21.7 Å². The van der Waals surface area contributed by atoms with E-state index < -0.39 is 10.6 Å². The Balaban J connectivity index is 2.07. The minimum absolute atomic E-state index is 0.00291. The van der Waals surface area contributed by atoms with Crippen LogP contribution in [0.3, 0.4) is 0 Å². The molecular formula is C16H22N6O2. The topological polar surface area (TPSA) is 114 Å². The lowest BCUT2D eigenvalue weighted by Gasteiger charge is -2.39. The summed E-state index contributed by atoms with van der Waals surface area (Å²) < 4.78 is 0. The number of hydrogen-bond donors (Lipinski definition) is 3. The van der Waals surface area contributed by atoms with Crippen LogP contribution in [0.5, 0.6) is 0 Å². The molecule has 1 aromatic carbocycles. The quantitative estimate of drug-likeness (QED) is 0.543. The molecule has 2 aliphatic heterocycles. The molecule has 1 fully saturated rings. The summed E-state index contributed by atoms with van der Waals surface area (Å²) in [5, 5.41) is 14.3. The number of nitrogens with one attached hydrogen (secondary N) is 1. The Morgan fingerprint density at radius 3 is 2.62 bits per heavy atom. The first-order chi connectivity index (χ1) is 11.4. The first kappa shape index (κ1) is 16.3. The second-order valence-corrected chi connectivity index (χ2v) is 6.18. The van der Waals surface area contributed by atoms with Crippen molar-refractivity contribution >= 4 is 11.4 Å². The number of allylic oxidation sites excluding steroid dienone is 2. The molecule has 5 N–H and O–H groups in total. The standard InChI is InChI=1S/C16H22N6O2/c1-20-7-9-21(10-8-20)14-5-4-12(22(23)24)11-13(14)16(18)15(17)3-2-6-19-16/h2-6,11,19H,7-10,17-18H2,1H3. The van der Waals surface area contributed by atoms with Gasteiger partial charge in [-0.2, -0.15) is 0 Å². The smallest absolute Gasteiger partial charge is 0.270 e. The number of non-ortho nitro benzene ring substituents is 1. The summed E-state index contributed by atoms with van der Waals surface area (Å²) in [6.07, 6.45) is 5.17. The second kappa shape index (κ2) is 6.14. The molecule has 0 aromatic heterocycles. The monoisotopic (exact) mass is 330 g/mol. The fraction of sp³-hybridized carbons (Fsp3) is 0.375. The maximum absolute atomic E-state index is 11.2. The SMILES string of the molecule is CN1CCN(c2ccc([N+](=O)[O-])cc2C2(N)NC=CC=C2N)CC1. The van der Waals surface area contributed by atoms with Gasteiger partial charge < -0.3 is 20.9 Å². The Bertz CT molecular complexity index is 709. The van der Waals surface area contributed by atoms with Gasteiger partial charge in [-0.05, 0) is 31.5 Å². The Hall–Kier alpha value is -2.58. The minimum Gasteiger partial charge on any atom is -0.399 e. The molecule has 0 aliphatic carbocycles. The van der Waals surface area contributed by atoms with E-state index in [0.29, 0.717) is 11.3 Å². The number of anilines is 1. The van der Waals surface area contributed by atoms with Crippen LogP contribution >= 0.6 is 0 Å². The lowest BCUT2D eigenvalue weighted by Crippen LogP contribution is -2.54. The van der Waals surface area contributed by atoms with E-state index in [1.54, 1.807) is 24.4 Å². The summed E-state index contributed by atoms with van der Waals surface area (Å²) in [5.74, 6) is 0. The molecule has 0 amide bonds. The summed E-state index contributed by atoms with van der Waals surface area (Å²) in [6, 6.07) is 4.79. The summed E-state index contributed by atoms with van der Waals surface area (Å²) in [6.45, 7) is 3.51. The van der Waals surface area contributed by atoms with E-state index in [1.807, 2.05) is 0 Å². The van der Waals surface area contributed by atoms with Crippen LogP contribution in [-0.4, -0.2) is 43.0 Å². The number of nitro groups is 1. The van der Waals surface area contributed by atoms with E-state index in [4.69, 9.17) is 11.5 Å². The van der Waals surface area contributed by atoms with Gasteiger partial charge in [0.25, 0.3) is 5.69 Å². The third-order valence-electron chi connectivity index (χ3n) is 4.60. The maximum Gasteiger partial charge on any atom is 0.270 e. The highest BCUT2D eigenvalue weighted by molar-refractivity contribution is 5.63. The molecule has 1 atom stereocenters. The van der Waals surface area contributed by atoms with Crippen LogP contribution in [0.15, 0.2) is 42.2 Å². The molecule has 0 saturated carbocycles. The van der Waals surface area contributed by atoms with Gasteiger partial charge in [0.05, 0.1) is 10.6 Å². The highest BCUT2D eigenvalue weighted by Crippen LogP contribution is 2.35. The first-order valence-corrected chi connectivity index (χ1v) is 7.83. The van der Waals surface area contributed by atoms with Gasteiger partial charge in [-0.15, -0.1) is 0 Å². The number of nitrogens with two attached hydrogens (primary N) is 2. The Kier molecular flexibility index (Phi) is 4.16. The van der Waals surface area contributed by atoms with Crippen molar-refractivity contribution < 1.29 is 4.92 Å². The number of hydrogen-bond acceptors (Lipinski definition) is 7. The Morgan fingerprint density at radius 1 is 1.29 bits per heavy atom. The van der Waals surface area contributed by atoms with Crippen LogP contribution in [0.2, 0.25) is 0 Å². The van der Waals surface area contributed by atoms with Crippen molar-refractivity contribution in [2.75, 3.05) is 38.1 Å².